The Morgan fingerprint density at radius 3 is 2.76 bits per heavy atom. The van der Waals surface area contributed by atoms with Crippen LogP contribution in [0.2, 0.25) is 5.02 Å². The summed E-state index contributed by atoms with van der Waals surface area (Å²) in [6, 6.07) is 5.42. The molecule has 0 aliphatic heterocycles. The van der Waals surface area contributed by atoms with Crippen molar-refractivity contribution in [3.05, 3.63) is 28.8 Å². The number of hydrogen-bond donors (Lipinski definition) is 1. The Hall–Kier alpha value is -1.06. The highest BCUT2D eigenvalue weighted by Gasteiger charge is 2.09. The van der Waals surface area contributed by atoms with Crippen LogP contribution in [-0.4, -0.2) is 25.5 Å². The third kappa shape index (κ3) is 4.02. The number of rotatable bonds is 6. The molecule has 0 saturated carbocycles. The molecule has 1 N–H and O–H groups in total. The molecule has 0 heterocycles. The van der Waals surface area contributed by atoms with E-state index in [2.05, 4.69) is 12.2 Å². The fraction of sp³-hybridized carbons (Fsp3) is 0.462. The standard InChI is InChI=1S/C13H18ClNO2/c1-4-9(2)15-8-12(16)10-5-6-13(17-3)11(14)7-10/h5-7,9,15H,4,8H2,1-3H3. The molecule has 1 aromatic rings. The number of nitrogens with one attached hydrogen (secondary N) is 1. The summed E-state index contributed by atoms with van der Waals surface area (Å²) >= 11 is 5.97. The van der Waals surface area contributed by atoms with Gasteiger partial charge >= 0.3 is 0 Å². The van der Waals surface area contributed by atoms with Gasteiger partial charge in [-0.15, -0.1) is 0 Å². The van der Waals surface area contributed by atoms with Crippen molar-refractivity contribution in [1.29, 1.82) is 0 Å². The average Bonchev–Trinajstić information content (AvgIpc) is 2.35. The molecule has 17 heavy (non-hydrogen) atoms. The van der Waals surface area contributed by atoms with Crippen molar-refractivity contribution < 1.29 is 9.53 Å². The molecule has 94 valence electrons. The summed E-state index contributed by atoms with van der Waals surface area (Å²) in [4.78, 5) is 11.9. The van der Waals surface area contributed by atoms with E-state index in [0.29, 0.717) is 28.9 Å². The Balaban J connectivity index is 2.66. The van der Waals surface area contributed by atoms with Crippen LogP contribution in [0.5, 0.6) is 5.75 Å². The van der Waals surface area contributed by atoms with E-state index in [4.69, 9.17) is 16.3 Å². The van der Waals surface area contributed by atoms with E-state index in [1.807, 2.05) is 6.92 Å². The predicted molar refractivity (Wildman–Crippen MR) is 70.1 cm³/mol. The smallest absolute Gasteiger partial charge is 0.176 e. The number of ketones is 1. The van der Waals surface area contributed by atoms with Gasteiger partial charge in [0, 0.05) is 11.6 Å². The monoisotopic (exact) mass is 255 g/mol. The Labute approximate surface area is 107 Å². The van der Waals surface area contributed by atoms with Crippen LogP contribution in [0, 0.1) is 0 Å². The topological polar surface area (TPSA) is 38.3 Å². The minimum Gasteiger partial charge on any atom is -0.495 e. The summed E-state index contributed by atoms with van der Waals surface area (Å²) in [6.07, 6.45) is 0.997. The van der Waals surface area contributed by atoms with Gasteiger partial charge in [-0.1, -0.05) is 18.5 Å². The lowest BCUT2D eigenvalue weighted by atomic mass is 10.1. The number of ether oxygens (including phenoxy) is 1. The molecule has 4 heteroatoms. The number of carbonyl (C=O) groups is 1. The normalized spacial score (nSPS) is 12.2. The maximum Gasteiger partial charge on any atom is 0.176 e. The van der Waals surface area contributed by atoms with Gasteiger partial charge in [0.25, 0.3) is 0 Å². The molecule has 0 amide bonds. The molecule has 0 fully saturated rings. The largest absolute Gasteiger partial charge is 0.495 e. The molecule has 1 atom stereocenters. The van der Waals surface area contributed by atoms with Crippen LogP contribution in [-0.2, 0) is 0 Å². The van der Waals surface area contributed by atoms with Crippen molar-refractivity contribution in [2.45, 2.75) is 26.3 Å². The van der Waals surface area contributed by atoms with E-state index in [9.17, 15) is 4.79 Å². The Bertz CT molecular complexity index is 393. The lowest BCUT2D eigenvalue weighted by Crippen LogP contribution is -2.30. The zero-order chi connectivity index (χ0) is 12.8. The second-order valence-corrected chi connectivity index (χ2v) is 4.37. The summed E-state index contributed by atoms with van der Waals surface area (Å²) in [7, 11) is 1.55. The molecule has 0 aliphatic rings. The molecular formula is C13H18ClNO2. The zero-order valence-electron chi connectivity index (χ0n) is 10.4. The van der Waals surface area contributed by atoms with Gasteiger partial charge in [-0.05, 0) is 31.5 Å². The first kappa shape index (κ1) is 14.0. The first-order valence-electron chi connectivity index (χ1n) is 5.68. The minimum absolute atomic E-state index is 0.0369. The van der Waals surface area contributed by atoms with Crippen LogP contribution >= 0.6 is 11.6 Å². The minimum atomic E-state index is 0.0369. The highest BCUT2D eigenvalue weighted by molar-refractivity contribution is 6.32. The van der Waals surface area contributed by atoms with Gasteiger partial charge < -0.3 is 10.1 Å². The van der Waals surface area contributed by atoms with Crippen molar-refractivity contribution in [1.82, 2.24) is 5.32 Å². The second-order valence-electron chi connectivity index (χ2n) is 3.96. The van der Waals surface area contributed by atoms with E-state index >= 15 is 0 Å². The van der Waals surface area contributed by atoms with Crippen LogP contribution in [0.3, 0.4) is 0 Å². The van der Waals surface area contributed by atoms with Crippen LogP contribution in [0.25, 0.3) is 0 Å². The third-order valence-electron chi connectivity index (χ3n) is 2.70. The lowest BCUT2D eigenvalue weighted by Gasteiger charge is -2.10. The van der Waals surface area contributed by atoms with E-state index in [1.165, 1.54) is 0 Å². The molecule has 0 radical (unpaired) electrons. The number of benzene rings is 1. The van der Waals surface area contributed by atoms with E-state index in [0.717, 1.165) is 6.42 Å². The van der Waals surface area contributed by atoms with Crippen molar-refractivity contribution in [2.75, 3.05) is 13.7 Å². The van der Waals surface area contributed by atoms with Gasteiger partial charge in [-0.25, -0.2) is 0 Å². The highest BCUT2D eigenvalue weighted by atomic mass is 35.5. The molecule has 1 aromatic carbocycles. The number of halogens is 1. The fourth-order valence-corrected chi connectivity index (χ4v) is 1.61. The van der Waals surface area contributed by atoms with Gasteiger partial charge in [0.2, 0.25) is 0 Å². The molecule has 0 aliphatic carbocycles. The molecule has 0 spiro atoms. The first-order chi connectivity index (χ1) is 8.08. The molecule has 0 aromatic heterocycles. The summed E-state index contributed by atoms with van der Waals surface area (Å²) in [5.41, 5.74) is 0.603. The SMILES string of the molecule is CCC(C)NCC(=O)c1ccc(OC)c(Cl)c1. The van der Waals surface area contributed by atoms with Gasteiger partial charge in [-0.2, -0.15) is 0 Å². The van der Waals surface area contributed by atoms with E-state index in [1.54, 1.807) is 25.3 Å². The summed E-state index contributed by atoms with van der Waals surface area (Å²) in [6.45, 7) is 4.46. The van der Waals surface area contributed by atoms with Gasteiger partial charge in [-0.3, -0.25) is 4.79 Å². The molecule has 0 saturated heterocycles. The molecule has 1 unspecified atom stereocenters. The molecule has 3 nitrogen and oxygen atoms in total. The molecule has 1 rings (SSSR count). The van der Waals surface area contributed by atoms with Gasteiger partial charge in [0.15, 0.2) is 5.78 Å². The molecule has 0 bridgehead atoms. The lowest BCUT2D eigenvalue weighted by molar-refractivity contribution is 0.0987. The summed E-state index contributed by atoms with van der Waals surface area (Å²) in [5.74, 6) is 0.618. The Kier molecular flexibility index (Phi) is 5.45. The van der Waals surface area contributed by atoms with Crippen molar-refractivity contribution in [3.63, 3.8) is 0 Å². The summed E-state index contributed by atoms with van der Waals surface area (Å²) < 4.78 is 5.04. The van der Waals surface area contributed by atoms with Crippen molar-refractivity contribution in [3.8, 4) is 5.75 Å². The average molecular weight is 256 g/mol. The number of hydrogen-bond acceptors (Lipinski definition) is 3. The molecular weight excluding hydrogens is 238 g/mol. The Morgan fingerprint density at radius 2 is 2.24 bits per heavy atom. The van der Waals surface area contributed by atoms with Crippen LogP contribution in [0.4, 0.5) is 0 Å². The van der Waals surface area contributed by atoms with E-state index in [-0.39, 0.29) is 5.78 Å². The van der Waals surface area contributed by atoms with Crippen molar-refractivity contribution in [2.24, 2.45) is 0 Å². The van der Waals surface area contributed by atoms with Crippen molar-refractivity contribution >= 4 is 17.4 Å². The first-order valence-corrected chi connectivity index (χ1v) is 6.06. The quantitative estimate of drug-likeness (QED) is 0.795. The number of methoxy groups -OCH3 is 1. The van der Waals surface area contributed by atoms with Gasteiger partial charge in [0.1, 0.15) is 5.75 Å². The Morgan fingerprint density at radius 1 is 1.53 bits per heavy atom. The maximum absolute atomic E-state index is 11.9. The number of Topliss-reactive ketones (excluding diaryl/α,β-unsaturated/α-hetero) is 1. The van der Waals surface area contributed by atoms with Crippen LogP contribution < -0.4 is 10.1 Å². The third-order valence-corrected chi connectivity index (χ3v) is 2.99. The summed E-state index contributed by atoms with van der Waals surface area (Å²) in [5, 5.41) is 3.61. The van der Waals surface area contributed by atoms with Crippen LogP contribution in [0.15, 0.2) is 18.2 Å². The van der Waals surface area contributed by atoms with Crippen LogP contribution in [0.1, 0.15) is 30.6 Å². The predicted octanol–water partition coefficient (Wildman–Crippen LogP) is 2.92. The van der Waals surface area contributed by atoms with Gasteiger partial charge in [0.05, 0.1) is 18.7 Å². The second kappa shape index (κ2) is 6.62. The zero-order valence-corrected chi connectivity index (χ0v) is 11.2. The fourth-order valence-electron chi connectivity index (χ4n) is 1.35. The maximum atomic E-state index is 11.9. The highest BCUT2D eigenvalue weighted by Crippen LogP contribution is 2.24. The van der Waals surface area contributed by atoms with E-state index < -0.39 is 0 Å². The number of carbonyl (C=O) groups excluding carboxylic acids is 1.